The van der Waals surface area contributed by atoms with E-state index >= 15 is 0 Å². The van der Waals surface area contributed by atoms with Gasteiger partial charge in [-0.25, -0.2) is 4.98 Å². The summed E-state index contributed by atoms with van der Waals surface area (Å²) in [7, 11) is 0. The predicted molar refractivity (Wildman–Crippen MR) is 66.0 cm³/mol. The van der Waals surface area contributed by atoms with Crippen molar-refractivity contribution in [2.24, 2.45) is 0 Å². The summed E-state index contributed by atoms with van der Waals surface area (Å²) in [6, 6.07) is 3.61. The van der Waals surface area contributed by atoms with Crippen LogP contribution in [0.3, 0.4) is 0 Å². The first-order valence-electron chi connectivity index (χ1n) is 4.56. The van der Waals surface area contributed by atoms with Gasteiger partial charge in [0.1, 0.15) is 5.75 Å². The van der Waals surface area contributed by atoms with Crippen LogP contribution in [-0.2, 0) is 0 Å². The van der Waals surface area contributed by atoms with Crippen molar-refractivity contribution in [2.45, 2.75) is 6.92 Å². The Morgan fingerprint density at radius 3 is 2.75 bits per heavy atom. The van der Waals surface area contributed by atoms with E-state index in [-0.39, 0.29) is 0 Å². The van der Waals surface area contributed by atoms with Crippen molar-refractivity contribution >= 4 is 27.5 Å². The van der Waals surface area contributed by atoms with Crippen LogP contribution in [0.1, 0.15) is 5.56 Å². The van der Waals surface area contributed by atoms with Gasteiger partial charge in [-0.2, -0.15) is 0 Å². The Labute approximate surface area is 107 Å². The molecular weight excluding hydrogens is 291 g/mol. The second-order valence-electron chi connectivity index (χ2n) is 3.24. The third-order valence-electron chi connectivity index (χ3n) is 1.84. The number of pyridine rings is 2. The number of rotatable bonds is 2. The van der Waals surface area contributed by atoms with Crippen LogP contribution in [0.2, 0.25) is 5.02 Å². The number of aryl methyl sites for hydroxylation is 1. The SMILES string of the molecule is Cc1cnc(Oc2cncc(Cl)c2)c(Br)c1. The van der Waals surface area contributed by atoms with E-state index < -0.39 is 0 Å². The summed E-state index contributed by atoms with van der Waals surface area (Å²) in [4.78, 5) is 8.09. The van der Waals surface area contributed by atoms with E-state index in [1.54, 1.807) is 24.7 Å². The quantitative estimate of drug-likeness (QED) is 0.841. The van der Waals surface area contributed by atoms with Crippen molar-refractivity contribution in [2.75, 3.05) is 0 Å². The highest BCUT2D eigenvalue weighted by Crippen LogP contribution is 2.28. The minimum absolute atomic E-state index is 0.495. The molecule has 5 heteroatoms. The maximum absolute atomic E-state index is 5.80. The van der Waals surface area contributed by atoms with Crippen molar-refractivity contribution < 1.29 is 4.74 Å². The average molecular weight is 300 g/mol. The lowest BCUT2D eigenvalue weighted by molar-refractivity contribution is 0.457. The Morgan fingerprint density at radius 1 is 1.25 bits per heavy atom. The van der Waals surface area contributed by atoms with Crippen molar-refractivity contribution in [3.63, 3.8) is 0 Å². The fourth-order valence-electron chi connectivity index (χ4n) is 1.16. The van der Waals surface area contributed by atoms with Gasteiger partial charge in [-0.15, -0.1) is 0 Å². The topological polar surface area (TPSA) is 35.0 Å². The lowest BCUT2D eigenvalue weighted by atomic mass is 10.3. The van der Waals surface area contributed by atoms with E-state index in [4.69, 9.17) is 16.3 Å². The molecule has 0 bridgehead atoms. The first-order chi connectivity index (χ1) is 7.65. The molecule has 0 aliphatic carbocycles. The molecule has 0 amide bonds. The van der Waals surface area contributed by atoms with E-state index in [0.29, 0.717) is 16.7 Å². The molecule has 82 valence electrons. The summed E-state index contributed by atoms with van der Waals surface area (Å²) < 4.78 is 6.34. The van der Waals surface area contributed by atoms with Crippen molar-refractivity contribution in [1.82, 2.24) is 9.97 Å². The van der Waals surface area contributed by atoms with Crippen molar-refractivity contribution in [3.8, 4) is 11.6 Å². The second kappa shape index (κ2) is 4.80. The zero-order valence-electron chi connectivity index (χ0n) is 8.45. The van der Waals surface area contributed by atoms with Gasteiger partial charge in [-0.3, -0.25) is 4.98 Å². The van der Waals surface area contributed by atoms with Crippen molar-refractivity contribution in [1.29, 1.82) is 0 Å². The maximum atomic E-state index is 5.80. The summed E-state index contributed by atoms with van der Waals surface area (Å²) >= 11 is 9.18. The summed E-state index contributed by atoms with van der Waals surface area (Å²) in [5.74, 6) is 1.05. The summed E-state index contributed by atoms with van der Waals surface area (Å²) in [6.45, 7) is 1.96. The first-order valence-corrected chi connectivity index (χ1v) is 5.73. The highest BCUT2D eigenvalue weighted by molar-refractivity contribution is 9.10. The first kappa shape index (κ1) is 11.4. The molecule has 0 aliphatic rings. The maximum Gasteiger partial charge on any atom is 0.233 e. The van der Waals surface area contributed by atoms with Crippen LogP contribution in [0.25, 0.3) is 0 Å². The number of nitrogens with zero attached hydrogens (tertiary/aromatic N) is 2. The second-order valence-corrected chi connectivity index (χ2v) is 4.53. The molecule has 2 heterocycles. The molecule has 3 nitrogen and oxygen atoms in total. The molecule has 0 fully saturated rings. The Kier molecular flexibility index (Phi) is 3.41. The van der Waals surface area contributed by atoms with E-state index in [0.717, 1.165) is 10.0 Å². The van der Waals surface area contributed by atoms with Gasteiger partial charge in [-0.1, -0.05) is 11.6 Å². The van der Waals surface area contributed by atoms with Crippen LogP contribution in [0.5, 0.6) is 11.6 Å². The summed E-state index contributed by atoms with van der Waals surface area (Å²) in [6.07, 6.45) is 4.87. The van der Waals surface area contributed by atoms with Crippen molar-refractivity contribution in [3.05, 3.63) is 45.8 Å². The molecule has 0 N–H and O–H groups in total. The molecule has 0 radical (unpaired) electrons. The lowest BCUT2D eigenvalue weighted by Gasteiger charge is -2.06. The number of hydrogen-bond acceptors (Lipinski definition) is 3. The molecule has 0 saturated carbocycles. The standard InChI is InChI=1S/C11H8BrClN2O/c1-7-2-10(12)11(15-4-7)16-9-3-8(13)5-14-6-9/h2-6H,1H3. The number of ether oxygens (including phenoxy) is 1. The molecule has 0 atom stereocenters. The van der Waals surface area contributed by atoms with Crippen LogP contribution in [0, 0.1) is 6.92 Å². The van der Waals surface area contributed by atoms with Crippen LogP contribution in [0.4, 0.5) is 0 Å². The highest BCUT2D eigenvalue weighted by atomic mass is 79.9. The van der Waals surface area contributed by atoms with Crippen LogP contribution >= 0.6 is 27.5 Å². The Bertz CT molecular complexity index is 519. The minimum atomic E-state index is 0.495. The number of aromatic nitrogens is 2. The van der Waals surface area contributed by atoms with Gasteiger partial charge in [-0.05, 0) is 34.5 Å². The Morgan fingerprint density at radius 2 is 2.06 bits per heavy atom. The molecule has 0 saturated heterocycles. The lowest BCUT2D eigenvalue weighted by Crippen LogP contribution is -1.90. The molecule has 0 unspecified atom stereocenters. The Hall–Kier alpha value is -1.13. The molecule has 0 aliphatic heterocycles. The number of halogens is 2. The smallest absolute Gasteiger partial charge is 0.233 e. The van der Waals surface area contributed by atoms with Crippen LogP contribution < -0.4 is 4.74 Å². The largest absolute Gasteiger partial charge is 0.436 e. The molecule has 0 spiro atoms. The van der Waals surface area contributed by atoms with Gasteiger partial charge in [0.05, 0.1) is 15.7 Å². The fourth-order valence-corrected chi connectivity index (χ4v) is 1.86. The zero-order chi connectivity index (χ0) is 11.5. The summed E-state index contributed by atoms with van der Waals surface area (Å²) in [5, 5.41) is 0.528. The van der Waals surface area contributed by atoms with Gasteiger partial charge >= 0.3 is 0 Å². The zero-order valence-corrected chi connectivity index (χ0v) is 10.8. The van der Waals surface area contributed by atoms with Gasteiger partial charge in [0, 0.05) is 18.5 Å². The third kappa shape index (κ3) is 2.71. The molecule has 2 aromatic rings. The Balaban J connectivity index is 2.27. The molecule has 2 aromatic heterocycles. The van der Waals surface area contributed by atoms with Gasteiger partial charge in [0.25, 0.3) is 0 Å². The van der Waals surface area contributed by atoms with E-state index in [1.807, 2.05) is 13.0 Å². The molecule has 16 heavy (non-hydrogen) atoms. The van der Waals surface area contributed by atoms with Crippen LogP contribution in [0.15, 0.2) is 35.2 Å². The minimum Gasteiger partial charge on any atom is -0.436 e. The normalized spacial score (nSPS) is 10.2. The van der Waals surface area contributed by atoms with E-state index in [2.05, 4.69) is 25.9 Å². The average Bonchev–Trinajstić information content (AvgIpc) is 2.22. The molecule has 0 aromatic carbocycles. The summed E-state index contributed by atoms with van der Waals surface area (Å²) in [5.41, 5.74) is 1.06. The van der Waals surface area contributed by atoms with E-state index in [9.17, 15) is 0 Å². The van der Waals surface area contributed by atoms with Crippen LogP contribution in [-0.4, -0.2) is 9.97 Å². The monoisotopic (exact) mass is 298 g/mol. The third-order valence-corrected chi connectivity index (χ3v) is 2.61. The van der Waals surface area contributed by atoms with E-state index in [1.165, 1.54) is 0 Å². The number of hydrogen-bond donors (Lipinski definition) is 0. The predicted octanol–water partition coefficient (Wildman–Crippen LogP) is 3.99. The van der Waals surface area contributed by atoms with Gasteiger partial charge in [0.15, 0.2) is 0 Å². The molecule has 2 rings (SSSR count). The highest BCUT2D eigenvalue weighted by Gasteiger charge is 2.05. The fraction of sp³-hybridized carbons (Fsp3) is 0.0909. The molecular formula is C11H8BrClN2O. The van der Waals surface area contributed by atoms with Gasteiger partial charge < -0.3 is 4.74 Å². The van der Waals surface area contributed by atoms with Gasteiger partial charge in [0.2, 0.25) is 5.88 Å².